The SMILES string of the molecule is CSCC[C@H](NC(=O)[C@H](CC(C)C)N(C)C(=O)[C@@H](Cc1c[nH]c2ccccc12)NC(=O)[C@H](Cc1ccccc1)NC(=O)[C@@H](Cc1c[nH]c2ccccc12)NC(=O)[C@@H]1CCCN1C(=O)OC(C)(C)C)C(N)=O. The topological polar surface area (TPSA) is 241 Å². The largest absolute Gasteiger partial charge is 0.444 e. The van der Waals surface area contributed by atoms with Gasteiger partial charge in [0.2, 0.25) is 35.4 Å². The van der Waals surface area contributed by atoms with E-state index in [-0.39, 0.29) is 31.6 Å². The lowest BCUT2D eigenvalue weighted by Gasteiger charge is -2.33. The Morgan fingerprint density at radius 1 is 0.746 bits per heavy atom. The molecule has 0 spiro atoms. The minimum absolute atomic E-state index is 0.00731. The molecular weight excluding hydrogens is 923 g/mol. The summed E-state index contributed by atoms with van der Waals surface area (Å²) < 4.78 is 5.63. The number of benzene rings is 3. The molecule has 0 bridgehead atoms. The molecule has 0 unspecified atom stereocenters. The molecule has 3 heterocycles. The van der Waals surface area contributed by atoms with E-state index in [1.54, 1.807) is 33.2 Å². The van der Waals surface area contributed by atoms with Crippen LogP contribution in [-0.4, -0.2) is 129 Å². The van der Waals surface area contributed by atoms with Gasteiger partial charge in [-0.2, -0.15) is 11.8 Å². The monoisotopic (exact) mass is 991 g/mol. The Morgan fingerprint density at radius 3 is 1.85 bits per heavy atom. The van der Waals surface area contributed by atoms with Crippen molar-refractivity contribution in [2.24, 2.45) is 11.7 Å². The van der Waals surface area contributed by atoms with Crippen molar-refractivity contribution >= 4 is 75.1 Å². The lowest BCUT2D eigenvalue weighted by atomic mass is 9.98. The maximum absolute atomic E-state index is 15.0. The molecule has 1 fully saturated rings. The highest BCUT2D eigenvalue weighted by Crippen LogP contribution is 2.25. The van der Waals surface area contributed by atoms with E-state index in [0.717, 1.165) is 32.9 Å². The Labute approximate surface area is 419 Å². The average molecular weight is 992 g/mol. The first-order valence-electron chi connectivity index (χ1n) is 24.2. The molecule has 2 aromatic heterocycles. The quantitative estimate of drug-likeness (QED) is 0.0486. The van der Waals surface area contributed by atoms with Gasteiger partial charge in [0.15, 0.2) is 0 Å². The van der Waals surface area contributed by atoms with Crippen LogP contribution in [0.3, 0.4) is 0 Å². The van der Waals surface area contributed by atoms with Crippen LogP contribution in [0, 0.1) is 5.92 Å². The molecule has 1 aliphatic rings. The molecule has 5 aromatic rings. The van der Waals surface area contributed by atoms with Crippen molar-refractivity contribution in [1.82, 2.24) is 41.0 Å². The summed E-state index contributed by atoms with van der Waals surface area (Å²) >= 11 is 1.51. The highest BCUT2D eigenvalue weighted by atomic mass is 32.2. The van der Waals surface area contributed by atoms with Gasteiger partial charge in [0.1, 0.15) is 41.9 Å². The minimum atomic E-state index is -1.27. The molecule has 8 N–H and O–H groups in total. The van der Waals surface area contributed by atoms with Gasteiger partial charge in [-0.3, -0.25) is 33.7 Å². The molecule has 1 aliphatic heterocycles. The van der Waals surface area contributed by atoms with Crippen molar-refractivity contribution in [2.75, 3.05) is 25.6 Å². The van der Waals surface area contributed by atoms with Gasteiger partial charge in [-0.25, -0.2) is 4.79 Å². The lowest BCUT2D eigenvalue weighted by Crippen LogP contribution is -2.60. The van der Waals surface area contributed by atoms with Gasteiger partial charge >= 0.3 is 6.09 Å². The number of H-pyrrole nitrogens is 2. The third-order valence-electron chi connectivity index (χ3n) is 12.6. The Hall–Kier alpha value is -6.82. The van der Waals surface area contributed by atoms with Gasteiger partial charge in [0.25, 0.3) is 0 Å². The number of carbonyl (C=O) groups is 7. The first-order valence-corrected chi connectivity index (χ1v) is 25.6. The smallest absolute Gasteiger partial charge is 0.410 e. The van der Waals surface area contributed by atoms with E-state index in [0.29, 0.717) is 37.1 Å². The van der Waals surface area contributed by atoms with Crippen LogP contribution in [0.15, 0.2) is 91.3 Å². The summed E-state index contributed by atoms with van der Waals surface area (Å²) in [5.41, 5.74) is 8.72. The normalized spacial score (nSPS) is 15.9. The van der Waals surface area contributed by atoms with Gasteiger partial charge in [0, 0.05) is 67.1 Å². The third-order valence-corrected chi connectivity index (χ3v) is 13.3. The first-order chi connectivity index (χ1) is 33.8. The predicted molar refractivity (Wildman–Crippen MR) is 276 cm³/mol. The molecule has 17 nitrogen and oxygen atoms in total. The number of nitrogens with zero attached hydrogens (tertiary/aromatic N) is 2. The molecule has 7 amide bonds. The van der Waals surface area contributed by atoms with Crippen molar-refractivity contribution in [3.8, 4) is 0 Å². The van der Waals surface area contributed by atoms with E-state index in [9.17, 15) is 24.0 Å². The summed E-state index contributed by atoms with van der Waals surface area (Å²) in [6, 6.07) is 17.6. The maximum atomic E-state index is 15.0. The van der Waals surface area contributed by atoms with Crippen molar-refractivity contribution in [3.05, 3.63) is 108 Å². The average Bonchev–Trinajstić information content (AvgIpc) is 4.10. The highest BCUT2D eigenvalue weighted by Gasteiger charge is 2.40. The van der Waals surface area contributed by atoms with Crippen molar-refractivity contribution in [2.45, 2.75) is 121 Å². The molecule has 0 radical (unpaired) electrons. The summed E-state index contributed by atoms with van der Waals surface area (Å²) in [7, 11) is 1.50. The Morgan fingerprint density at radius 2 is 1.28 bits per heavy atom. The molecule has 18 heteroatoms. The number of likely N-dealkylation sites (N-methyl/N-ethyl adjacent to an activating group) is 1. The summed E-state index contributed by atoms with van der Waals surface area (Å²) in [6.07, 6.45) is 6.29. The number of nitrogens with one attached hydrogen (secondary N) is 6. The standard InChI is InChI=1S/C53H69N9O8S/c1-32(2)26-45(50(67)57-40(46(54)63)23-25-71-7)61(6)51(68)43(29-35-31-56-39-21-14-12-19-37(35)39)60-47(64)41(27-33-16-9-8-10-17-33)58-48(65)42(28-34-30-55-38-20-13-11-18-36(34)38)59-49(66)44-22-15-24-62(44)52(69)70-53(3,4)5/h8-14,16-21,30-32,40-45,55-56H,15,22-29H2,1-7H3,(H2,54,63)(H,57,67)(H,58,65)(H,59,66)(H,60,64)/t40-,41-,42+,43+,44-,45-/m0/s1. The molecule has 0 saturated carbocycles. The second-order valence-electron chi connectivity index (χ2n) is 19.7. The number of hydrogen-bond donors (Lipinski definition) is 7. The van der Waals surface area contributed by atoms with Crippen LogP contribution in [0.4, 0.5) is 4.79 Å². The summed E-state index contributed by atoms with van der Waals surface area (Å²) in [5, 5.41) is 13.3. The molecule has 6 atom stereocenters. The molecule has 3 aromatic carbocycles. The molecule has 1 saturated heterocycles. The van der Waals surface area contributed by atoms with Crippen molar-refractivity contribution in [3.63, 3.8) is 0 Å². The van der Waals surface area contributed by atoms with Crippen molar-refractivity contribution < 1.29 is 38.3 Å². The number of carbonyl (C=O) groups excluding carboxylic acids is 7. The van der Waals surface area contributed by atoms with Crippen LogP contribution in [0.1, 0.15) is 77.0 Å². The van der Waals surface area contributed by atoms with Crippen LogP contribution in [0.5, 0.6) is 0 Å². The highest BCUT2D eigenvalue weighted by molar-refractivity contribution is 7.98. The number of para-hydroxylation sites is 2. The van der Waals surface area contributed by atoms with Gasteiger partial charge < -0.3 is 46.6 Å². The van der Waals surface area contributed by atoms with Crippen LogP contribution < -0.4 is 27.0 Å². The fraction of sp³-hybridized carbons (Fsp3) is 0.453. The van der Waals surface area contributed by atoms with E-state index in [1.807, 2.05) is 99.0 Å². The lowest BCUT2D eigenvalue weighted by molar-refractivity contribution is -0.143. The zero-order valence-corrected chi connectivity index (χ0v) is 42.5. The number of thioether (sulfide) groups is 1. The van der Waals surface area contributed by atoms with Gasteiger partial charge in [0.05, 0.1) is 0 Å². The number of fused-ring (bicyclic) bond motifs is 2. The molecule has 0 aliphatic carbocycles. The molecular formula is C53H69N9O8S. The van der Waals surface area contributed by atoms with Gasteiger partial charge in [-0.15, -0.1) is 0 Å². The van der Waals surface area contributed by atoms with Crippen LogP contribution in [0.25, 0.3) is 21.8 Å². The fourth-order valence-electron chi connectivity index (χ4n) is 8.98. The second kappa shape index (κ2) is 24.3. The zero-order valence-electron chi connectivity index (χ0n) is 41.7. The molecule has 6 rings (SSSR count). The molecule has 380 valence electrons. The predicted octanol–water partition coefficient (Wildman–Crippen LogP) is 5.13. The Bertz CT molecular complexity index is 2660. The molecule has 71 heavy (non-hydrogen) atoms. The maximum Gasteiger partial charge on any atom is 0.410 e. The van der Waals surface area contributed by atoms with Crippen molar-refractivity contribution in [1.29, 1.82) is 0 Å². The number of nitrogens with two attached hydrogens (primary N) is 1. The number of rotatable bonds is 22. The van der Waals surface area contributed by atoms with E-state index in [2.05, 4.69) is 31.2 Å². The number of ether oxygens (including phenoxy) is 1. The second-order valence-corrected chi connectivity index (χ2v) is 20.7. The minimum Gasteiger partial charge on any atom is -0.444 e. The third kappa shape index (κ3) is 14.4. The van der Waals surface area contributed by atoms with Gasteiger partial charge in [-0.1, -0.05) is 80.6 Å². The number of aromatic amines is 2. The fourth-order valence-corrected chi connectivity index (χ4v) is 9.45. The summed E-state index contributed by atoms with van der Waals surface area (Å²) in [4.78, 5) is 108. The number of likely N-dealkylation sites (tertiary alicyclic amines) is 1. The summed E-state index contributed by atoms with van der Waals surface area (Å²) in [5.74, 6) is -3.21. The summed E-state index contributed by atoms with van der Waals surface area (Å²) in [6.45, 7) is 9.37. The van der Waals surface area contributed by atoms with Crippen LogP contribution >= 0.6 is 11.8 Å². The van der Waals surface area contributed by atoms with E-state index >= 15 is 9.59 Å². The Balaban J connectivity index is 1.33. The first kappa shape index (κ1) is 53.5. The number of amides is 7. The number of primary amides is 1. The van der Waals surface area contributed by atoms with Crippen LogP contribution in [-0.2, 0) is 52.8 Å². The van der Waals surface area contributed by atoms with E-state index < -0.39 is 83.4 Å². The Kier molecular flexibility index (Phi) is 18.4. The number of aromatic nitrogens is 2. The van der Waals surface area contributed by atoms with E-state index in [4.69, 9.17) is 10.5 Å². The number of hydrogen-bond acceptors (Lipinski definition) is 9. The van der Waals surface area contributed by atoms with Crippen LogP contribution in [0.2, 0.25) is 0 Å². The van der Waals surface area contributed by atoms with Gasteiger partial charge in [-0.05, 0) is 93.2 Å². The zero-order chi connectivity index (χ0) is 51.4. The van der Waals surface area contributed by atoms with E-state index in [1.165, 1.54) is 28.6 Å².